The van der Waals surface area contributed by atoms with Crippen LogP contribution < -0.4 is 4.74 Å². The van der Waals surface area contributed by atoms with Gasteiger partial charge in [0.25, 0.3) is 5.91 Å². The minimum absolute atomic E-state index is 0.000229. The first-order chi connectivity index (χ1) is 14.7. The zero-order valence-corrected chi connectivity index (χ0v) is 16.3. The highest BCUT2D eigenvalue weighted by Crippen LogP contribution is 2.36. The molecule has 2 N–H and O–H groups in total. The van der Waals surface area contributed by atoms with E-state index in [0.29, 0.717) is 43.3 Å². The van der Waals surface area contributed by atoms with Gasteiger partial charge in [-0.1, -0.05) is 24.3 Å². The Balaban J connectivity index is 1.37. The van der Waals surface area contributed by atoms with Crippen molar-refractivity contribution in [3.05, 3.63) is 54.6 Å². The van der Waals surface area contributed by atoms with Crippen molar-refractivity contribution in [1.82, 2.24) is 14.9 Å². The molecule has 5 rings (SSSR count). The number of benzene rings is 2. The van der Waals surface area contributed by atoms with Gasteiger partial charge in [-0.25, -0.2) is 4.98 Å². The van der Waals surface area contributed by atoms with Crippen molar-refractivity contribution in [1.29, 1.82) is 0 Å². The number of hydrogen-bond acceptors (Lipinski definition) is 5. The minimum atomic E-state index is -0.0401. The Morgan fingerprint density at radius 2 is 1.97 bits per heavy atom. The van der Waals surface area contributed by atoms with Crippen LogP contribution in [0.3, 0.4) is 0 Å². The molecule has 152 valence electrons. The van der Waals surface area contributed by atoms with Gasteiger partial charge >= 0.3 is 0 Å². The van der Waals surface area contributed by atoms with Crippen LogP contribution in [0.4, 0.5) is 0 Å². The molecule has 1 aliphatic rings. The highest BCUT2D eigenvalue weighted by molar-refractivity contribution is 5.99. The van der Waals surface area contributed by atoms with Gasteiger partial charge in [0.2, 0.25) is 0 Å². The fraction of sp³-hybridized carbons (Fsp3) is 0.217. The van der Waals surface area contributed by atoms with Crippen molar-refractivity contribution in [3.63, 3.8) is 0 Å². The van der Waals surface area contributed by atoms with Gasteiger partial charge in [0.1, 0.15) is 5.75 Å². The first-order valence-corrected chi connectivity index (χ1v) is 9.88. The lowest BCUT2D eigenvalue weighted by molar-refractivity contribution is -0.137. The monoisotopic (exact) mass is 403 g/mol. The van der Waals surface area contributed by atoms with Gasteiger partial charge in [-0.05, 0) is 30.3 Å². The van der Waals surface area contributed by atoms with Crippen LogP contribution in [0.1, 0.15) is 0 Å². The number of rotatable bonds is 4. The van der Waals surface area contributed by atoms with Crippen LogP contribution in [0.5, 0.6) is 11.6 Å². The molecular weight excluding hydrogens is 382 g/mol. The van der Waals surface area contributed by atoms with E-state index in [0.717, 1.165) is 21.8 Å². The second-order valence-electron chi connectivity index (χ2n) is 7.23. The molecule has 7 nitrogen and oxygen atoms in total. The number of para-hydroxylation sites is 1. The summed E-state index contributed by atoms with van der Waals surface area (Å²) in [6.07, 6.45) is 0. The molecule has 2 aromatic carbocycles. The molecule has 2 aromatic heterocycles. The molecule has 0 atom stereocenters. The van der Waals surface area contributed by atoms with Gasteiger partial charge < -0.3 is 24.5 Å². The lowest BCUT2D eigenvalue weighted by Gasteiger charge is -2.26. The highest BCUT2D eigenvalue weighted by atomic mass is 16.5. The summed E-state index contributed by atoms with van der Waals surface area (Å²) in [5, 5.41) is 12.2. The quantitative estimate of drug-likeness (QED) is 0.546. The van der Waals surface area contributed by atoms with Crippen LogP contribution in [-0.2, 0) is 9.53 Å². The second-order valence-corrected chi connectivity index (χ2v) is 7.23. The molecule has 1 saturated heterocycles. The summed E-state index contributed by atoms with van der Waals surface area (Å²) in [5.74, 6) is 0.680. The highest BCUT2D eigenvalue weighted by Gasteiger charge is 2.17. The number of carbonyl (C=O) groups excluding carboxylic acids is 1. The first-order valence-electron chi connectivity index (χ1n) is 9.88. The van der Waals surface area contributed by atoms with E-state index in [1.165, 1.54) is 0 Å². The summed E-state index contributed by atoms with van der Waals surface area (Å²) in [4.78, 5) is 21.7. The molecule has 0 bridgehead atoms. The van der Waals surface area contributed by atoms with Gasteiger partial charge in [0, 0.05) is 29.4 Å². The molecule has 1 amide bonds. The number of amides is 1. The van der Waals surface area contributed by atoms with Crippen LogP contribution in [-0.4, -0.2) is 58.8 Å². The Labute approximate surface area is 172 Å². The van der Waals surface area contributed by atoms with E-state index in [4.69, 9.17) is 14.5 Å². The van der Waals surface area contributed by atoms with Crippen LogP contribution in [0.15, 0.2) is 54.6 Å². The molecule has 0 spiro atoms. The van der Waals surface area contributed by atoms with Crippen molar-refractivity contribution >= 4 is 27.7 Å². The molecule has 0 aliphatic carbocycles. The summed E-state index contributed by atoms with van der Waals surface area (Å²) >= 11 is 0. The third kappa shape index (κ3) is 3.44. The minimum Gasteiger partial charge on any atom is -0.494 e. The summed E-state index contributed by atoms with van der Waals surface area (Å²) in [6.45, 7) is 2.35. The SMILES string of the molecule is O=C(COc1ccc2nc(-c3c(O)[nH]c4ccccc34)ccc2c1)N1CCOCC1. The molecule has 30 heavy (non-hydrogen) atoms. The van der Waals surface area contributed by atoms with Crippen molar-refractivity contribution < 1.29 is 19.4 Å². The summed E-state index contributed by atoms with van der Waals surface area (Å²) < 4.78 is 11.0. The van der Waals surface area contributed by atoms with E-state index in [2.05, 4.69) is 4.98 Å². The number of nitrogens with zero attached hydrogens (tertiary/aromatic N) is 2. The number of aromatic hydroxyl groups is 1. The van der Waals surface area contributed by atoms with Crippen molar-refractivity contribution in [2.75, 3.05) is 32.9 Å². The normalized spacial score (nSPS) is 14.3. The fourth-order valence-electron chi connectivity index (χ4n) is 3.77. The van der Waals surface area contributed by atoms with Crippen LogP contribution in [0.25, 0.3) is 33.1 Å². The van der Waals surface area contributed by atoms with E-state index >= 15 is 0 Å². The van der Waals surface area contributed by atoms with Crippen LogP contribution in [0, 0.1) is 0 Å². The zero-order valence-electron chi connectivity index (χ0n) is 16.3. The Morgan fingerprint density at radius 3 is 2.83 bits per heavy atom. The zero-order chi connectivity index (χ0) is 20.5. The van der Waals surface area contributed by atoms with Crippen molar-refractivity contribution in [2.24, 2.45) is 0 Å². The number of nitrogens with one attached hydrogen (secondary N) is 1. The number of hydrogen-bond donors (Lipinski definition) is 2. The Morgan fingerprint density at radius 1 is 1.13 bits per heavy atom. The molecule has 0 saturated carbocycles. The van der Waals surface area contributed by atoms with E-state index in [9.17, 15) is 9.90 Å². The van der Waals surface area contributed by atoms with E-state index in [-0.39, 0.29) is 18.4 Å². The third-order valence-corrected chi connectivity index (χ3v) is 5.33. The number of aromatic amines is 1. The van der Waals surface area contributed by atoms with E-state index in [1.54, 1.807) is 11.0 Å². The number of H-pyrrole nitrogens is 1. The van der Waals surface area contributed by atoms with Gasteiger partial charge in [-0.15, -0.1) is 0 Å². The van der Waals surface area contributed by atoms with Gasteiger partial charge in [-0.3, -0.25) is 4.79 Å². The van der Waals surface area contributed by atoms with E-state index in [1.807, 2.05) is 48.5 Å². The van der Waals surface area contributed by atoms with Gasteiger partial charge in [-0.2, -0.15) is 0 Å². The number of aromatic nitrogens is 2. The van der Waals surface area contributed by atoms with Crippen LogP contribution in [0.2, 0.25) is 0 Å². The average Bonchev–Trinajstić information content (AvgIpc) is 3.13. The summed E-state index contributed by atoms with van der Waals surface area (Å²) in [5.41, 5.74) is 3.02. The topological polar surface area (TPSA) is 87.7 Å². The molecule has 1 fully saturated rings. The van der Waals surface area contributed by atoms with Gasteiger partial charge in [0.05, 0.1) is 30.0 Å². The maximum Gasteiger partial charge on any atom is 0.260 e. The molecule has 0 unspecified atom stereocenters. The molecule has 3 heterocycles. The predicted octanol–water partition coefficient (Wildman–Crippen LogP) is 3.33. The lowest BCUT2D eigenvalue weighted by atomic mass is 10.1. The molecule has 1 aliphatic heterocycles. The van der Waals surface area contributed by atoms with E-state index < -0.39 is 0 Å². The molecule has 4 aromatic rings. The maximum absolute atomic E-state index is 12.3. The summed E-state index contributed by atoms with van der Waals surface area (Å²) in [7, 11) is 0. The van der Waals surface area contributed by atoms with Crippen molar-refractivity contribution in [2.45, 2.75) is 0 Å². The Bertz CT molecular complexity index is 1230. The van der Waals surface area contributed by atoms with Crippen LogP contribution >= 0.6 is 0 Å². The molecular formula is C23H21N3O4. The smallest absolute Gasteiger partial charge is 0.260 e. The molecule has 0 radical (unpaired) electrons. The van der Waals surface area contributed by atoms with Gasteiger partial charge in [0.15, 0.2) is 12.5 Å². The Kier molecular flexibility index (Phi) is 4.72. The number of pyridine rings is 1. The fourth-order valence-corrected chi connectivity index (χ4v) is 3.77. The summed E-state index contributed by atoms with van der Waals surface area (Å²) in [6, 6.07) is 17.1. The van der Waals surface area contributed by atoms with Crippen molar-refractivity contribution in [3.8, 4) is 22.9 Å². The number of ether oxygens (including phenoxy) is 2. The maximum atomic E-state index is 12.3. The Hall–Kier alpha value is -3.58. The predicted molar refractivity (Wildman–Crippen MR) is 114 cm³/mol. The first kappa shape index (κ1) is 18.4. The number of carbonyl (C=O) groups is 1. The largest absolute Gasteiger partial charge is 0.494 e. The number of fused-ring (bicyclic) bond motifs is 2. The number of morpholine rings is 1. The third-order valence-electron chi connectivity index (χ3n) is 5.33. The lowest BCUT2D eigenvalue weighted by Crippen LogP contribution is -2.42. The molecule has 7 heteroatoms. The standard InChI is InChI=1S/C23H21N3O4/c27-21(26-9-11-29-12-10-26)14-30-16-6-8-18-15(13-16)5-7-20(24-18)22-17-3-1-2-4-19(17)25-23(22)28/h1-8,13,25,28H,9-12,14H2. The average molecular weight is 403 g/mol. The second kappa shape index (κ2) is 7.68.